The van der Waals surface area contributed by atoms with Gasteiger partial charge in [-0.15, -0.1) is 10.2 Å². The molecule has 0 bridgehead atoms. The van der Waals surface area contributed by atoms with E-state index in [4.69, 9.17) is 0 Å². The van der Waals surface area contributed by atoms with Crippen LogP contribution in [0.2, 0.25) is 0 Å². The number of hydrogen-bond donors (Lipinski definition) is 0. The molecule has 1 aliphatic rings. The van der Waals surface area contributed by atoms with Gasteiger partial charge >= 0.3 is 0 Å². The number of para-hydroxylation sites is 1. The van der Waals surface area contributed by atoms with Crippen LogP contribution >= 0.6 is 11.8 Å². The molecule has 0 N–H and O–H groups in total. The van der Waals surface area contributed by atoms with Crippen LogP contribution in [0.5, 0.6) is 0 Å². The summed E-state index contributed by atoms with van der Waals surface area (Å²) in [5.41, 5.74) is 2.07. The van der Waals surface area contributed by atoms with Crippen LogP contribution in [0.4, 0.5) is 4.39 Å². The van der Waals surface area contributed by atoms with Crippen molar-refractivity contribution < 1.29 is 12.8 Å². The van der Waals surface area contributed by atoms with Crippen molar-refractivity contribution in [2.24, 2.45) is 0 Å². The first-order valence-electron chi connectivity index (χ1n) is 11.0. The van der Waals surface area contributed by atoms with Crippen molar-refractivity contribution in [3.63, 3.8) is 0 Å². The second-order valence-electron chi connectivity index (χ2n) is 8.00. The van der Waals surface area contributed by atoms with Crippen LogP contribution in [0.15, 0.2) is 88.9 Å². The largest absolute Gasteiger partial charge is 0.270 e. The zero-order valence-electron chi connectivity index (χ0n) is 18.3. The molecule has 0 aliphatic carbocycles. The molecule has 0 saturated carbocycles. The molecule has 0 spiro atoms. The maximum atomic E-state index is 14.2. The highest BCUT2D eigenvalue weighted by molar-refractivity contribution is 7.98. The molecule has 1 saturated heterocycles. The van der Waals surface area contributed by atoms with E-state index in [2.05, 4.69) is 10.2 Å². The first kappa shape index (κ1) is 22.8. The molecular formula is C25H23FN4O2S2. The molecule has 1 aromatic heterocycles. The molecule has 1 fully saturated rings. The number of hydrogen-bond acceptors (Lipinski definition) is 5. The Morgan fingerprint density at radius 2 is 1.62 bits per heavy atom. The lowest BCUT2D eigenvalue weighted by atomic mass is 10.2. The molecule has 34 heavy (non-hydrogen) atoms. The lowest BCUT2D eigenvalue weighted by molar-refractivity contribution is 0.477. The van der Waals surface area contributed by atoms with Gasteiger partial charge in [-0.3, -0.25) is 4.57 Å². The molecule has 0 amide bonds. The maximum absolute atomic E-state index is 14.2. The highest BCUT2D eigenvalue weighted by Gasteiger charge is 2.28. The summed E-state index contributed by atoms with van der Waals surface area (Å²) in [6.45, 7) is 1.09. The minimum atomic E-state index is -3.56. The Kier molecular flexibility index (Phi) is 6.49. The highest BCUT2D eigenvalue weighted by Crippen LogP contribution is 2.32. The molecule has 6 nitrogen and oxygen atoms in total. The fourth-order valence-corrected chi connectivity index (χ4v) is 6.49. The molecule has 174 valence electrons. The topological polar surface area (TPSA) is 68.1 Å². The zero-order chi connectivity index (χ0) is 23.5. The summed E-state index contributed by atoms with van der Waals surface area (Å²) in [5, 5.41) is 9.38. The summed E-state index contributed by atoms with van der Waals surface area (Å²) in [6, 6.07) is 23.1. The number of rotatable bonds is 7. The minimum Gasteiger partial charge on any atom is -0.270 e. The second-order valence-corrected chi connectivity index (χ2v) is 10.9. The van der Waals surface area contributed by atoms with E-state index in [-0.39, 0.29) is 10.7 Å². The normalized spacial score (nSPS) is 14.5. The summed E-state index contributed by atoms with van der Waals surface area (Å²) in [4.78, 5) is 0.245. The molecule has 0 atom stereocenters. The van der Waals surface area contributed by atoms with Crippen LogP contribution in [0.1, 0.15) is 18.4 Å². The van der Waals surface area contributed by atoms with Crippen molar-refractivity contribution >= 4 is 21.8 Å². The minimum absolute atomic E-state index is 0.245. The van der Waals surface area contributed by atoms with E-state index >= 15 is 0 Å². The van der Waals surface area contributed by atoms with Crippen molar-refractivity contribution in [3.8, 4) is 17.1 Å². The van der Waals surface area contributed by atoms with E-state index in [1.165, 1.54) is 22.1 Å². The van der Waals surface area contributed by atoms with E-state index in [1.807, 2.05) is 41.0 Å². The summed E-state index contributed by atoms with van der Waals surface area (Å²) < 4.78 is 43.8. The van der Waals surface area contributed by atoms with E-state index < -0.39 is 10.0 Å². The molecule has 2 heterocycles. The van der Waals surface area contributed by atoms with Gasteiger partial charge in [0.05, 0.1) is 4.90 Å². The summed E-state index contributed by atoms with van der Waals surface area (Å²) in [5.74, 6) is 0.655. The van der Waals surface area contributed by atoms with Crippen LogP contribution in [0.3, 0.4) is 0 Å². The van der Waals surface area contributed by atoms with Gasteiger partial charge in [-0.1, -0.05) is 60.3 Å². The smallest absolute Gasteiger partial charge is 0.243 e. The lowest BCUT2D eigenvalue weighted by Crippen LogP contribution is -2.27. The Balaban J connectivity index is 1.54. The van der Waals surface area contributed by atoms with E-state index in [1.54, 1.807) is 36.4 Å². The average Bonchev–Trinajstić information content (AvgIpc) is 3.55. The third-order valence-corrected chi connectivity index (χ3v) is 8.63. The van der Waals surface area contributed by atoms with Gasteiger partial charge < -0.3 is 0 Å². The predicted octanol–water partition coefficient (Wildman–Crippen LogP) is 5.15. The van der Waals surface area contributed by atoms with Gasteiger partial charge in [0.1, 0.15) is 5.82 Å². The fraction of sp³-hybridized carbons (Fsp3) is 0.200. The van der Waals surface area contributed by atoms with Gasteiger partial charge in [0.25, 0.3) is 0 Å². The molecule has 1 aliphatic heterocycles. The summed E-state index contributed by atoms with van der Waals surface area (Å²) in [7, 11) is -3.56. The predicted molar refractivity (Wildman–Crippen MR) is 131 cm³/mol. The highest BCUT2D eigenvalue weighted by atomic mass is 32.2. The molecular weight excluding hydrogens is 471 g/mol. The van der Waals surface area contributed by atoms with E-state index in [0.717, 1.165) is 18.5 Å². The van der Waals surface area contributed by atoms with Gasteiger partial charge in [-0.05, 0) is 48.7 Å². The standard InChI is InChI=1S/C25H23FN4O2S2/c26-23-14-5-4-9-20(23)18-33-25-28-27-24(30(25)21-11-2-1-3-12-21)19-10-8-13-22(17-19)34(31,32)29-15-6-7-16-29/h1-5,8-14,17H,6-7,15-16,18H2. The zero-order valence-corrected chi connectivity index (χ0v) is 20.0. The Morgan fingerprint density at radius 1 is 0.882 bits per heavy atom. The summed E-state index contributed by atoms with van der Waals surface area (Å²) >= 11 is 1.38. The van der Waals surface area contributed by atoms with Gasteiger partial charge in [-0.25, -0.2) is 12.8 Å². The van der Waals surface area contributed by atoms with Gasteiger partial charge in [0, 0.05) is 30.1 Å². The number of thioether (sulfide) groups is 1. The van der Waals surface area contributed by atoms with Crippen LogP contribution in [0, 0.1) is 5.82 Å². The quantitative estimate of drug-likeness (QED) is 0.333. The Hall–Kier alpha value is -3.01. The average molecular weight is 495 g/mol. The monoisotopic (exact) mass is 494 g/mol. The lowest BCUT2D eigenvalue weighted by Gasteiger charge is -2.16. The van der Waals surface area contributed by atoms with Gasteiger partial charge in [-0.2, -0.15) is 4.31 Å². The van der Waals surface area contributed by atoms with Crippen molar-refractivity contribution in [1.82, 2.24) is 19.1 Å². The van der Waals surface area contributed by atoms with Crippen molar-refractivity contribution in [2.75, 3.05) is 13.1 Å². The number of benzene rings is 3. The van der Waals surface area contributed by atoms with Crippen LogP contribution in [-0.4, -0.2) is 40.6 Å². The van der Waals surface area contributed by atoms with Gasteiger partial charge in [0.15, 0.2) is 11.0 Å². The maximum Gasteiger partial charge on any atom is 0.243 e. The first-order chi connectivity index (χ1) is 16.5. The molecule has 4 aromatic rings. The number of sulfonamides is 1. The third kappa shape index (κ3) is 4.51. The SMILES string of the molecule is O=S(=O)(c1cccc(-c2nnc(SCc3ccccc3F)n2-c2ccccc2)c1)N1CCCC1. The molecule has 9 heteroatoms. The first-order valence-corrected chi connectivity index (χ1v) is 13.4. The van der Waals surface area contributed by atoms with Gasteiger partial charge in [0.2, 0.25) is 10.0 Å². The van der Waals surface area contributed by atoms with E-state index in [0.29, 0.717) is 41.0 Å². The van der Waals surface area contributed by atoms with Crippen molar-refractivity contribution in [1.29, 1.82) is 0 Å². The third-order valence-electron chi connectivity index (χ3n) is 5.76. The van der Waals surface area contributed by atoms with Crippen LogP contribution < -0.4 is 0 Å². The number of halogens is 1. The molecule has 0 radical (unpaired) electrons. The molecule has 3 aromatic carbocycles. The Bertz CT molecular complexity index is 1400. The van der Waals surface area contributed by atoms with Crippen LogP contribution in [0.25, 0.3) is 17.1 Å². The molecule has 0 unspecified atom stereocenters. The fourth-order valence-electron chi connectivity index (χ4n) is 3.99. The second kappa shape index (κ2) is 9.69. The van der Waals surface area contributed by atoms with Crippen molar-refractivity contribution in [2.45, 2.75) is 28.6 Å². The van der Waals surface area contributed by atoms with Crippen LogP contribution in [-0.2, 0) is 15.8 Å². The Labute approximate surface area is 202 Å². The molecule has 5 rings (SSSR count). The summed E-state index contributed by atoms with van der Waals surface area (Å²) in [6.07, 6.45) is 1.76. The van der Waals surface area contributed by atoms with E-state index in [9.17, 15) is 12.8 Å². The number of aromatic nitrogens is 3. The number of nitrogens with zero attached hydrogens (tertiary/aromatic N) is 4. The Morgan fingerprint density at radius 3 is 2.38 bits per heavy atom. The van der Waals surface area contributed by atoms with Crippen molar-refractivity contribution in [3.05, 3.63) is 90.2 Å².